The summed E-state index contributed by atoms with van der Waals surface area (Å²) in [4.78, 5) is 11.9. The van der Waals surface area contributed by atoms with E-state index in [1.807, 2.05) is 18.7 Å². The van der Waals surface area contributed by atoms with Crippen LogP contribution in [0.25, 0.3) is 0 Å². The molecule has 0 radical (unpaired) electrons. The molecule has 0 aliphatic carbocycles. The molecule has 2 rings (SSSR count). The second-order valence-electron chi connectivity index (χ2n) is 5.33. The highest BCUT2D eigenvalue weighted by Gasteiger charge is 2.32. The zero-order valence-corrected chi connectivity index (χ0v) is 11.0. The largest absolute Gasteiger partial charge is 0.354 e. The van der Waals surface area contributed by atoms with Gasteiger partial charge in [-0.1, -0.05) is 6.92 Å². The van der Waals surface area contributed by atoms with Gasteiger partial charge in [0.05, 0.1) is 0 Å². The number of carbonyl (C=O) groups is 1. The fourth-order valence-electron chi connectivity index (χ4n) is 2.29. The van der Waals surface area contributed by atoms with E-state index in [1.165, 1.54) is 18.6 Å². The van der Waals surface area contributed by atoms with Crippen molar-refractivity contribution >= 4 is 17.7 Å². The first kappa shape index (κ1) is 12.2. The monoisotopic (exact) mass is 242 g/mol. The zero-order valence-electron chi connectivity index (χ0n) is 10.2. The van der Waals surface area contributed by atoms with Crippen LogP contribution in [0.15, 0.2) is 0 Å². The van der Waals surface area contributed by atoms with Crippen LogP contribution in [0.2, 0.25) is 0 Å². The van der Waals surface area contributed by atoms with Crippen molar-refractivity contribution in [1.29, 1.82) is 0 Å². The zero-order chi connectivity index (χ0) is 11.6. The van der Waals surface area contributed by atoms with Crippen LogP contribution < -0.4 is 10.6 Å². The van der Waals surface area contributed by atoms with Crippen molar-refractivity contribution in [3.05, 3.63) is 0 Å². The Labute approximate surface area is 102 Å². The molecular formula is C12H22N2OS. The summed E-state index contributed by atoms with van der Waals surface area (Å²) in [7, 11) is 0. The molecule has 3 nitrogen and oxygen atoms in total. The van der Waals surface area contributed by atoms with Crippen LogP contribution in [0.4, 0.5) is 0 Å². The number of amides is 1. The molecule has 2 unspecified atom stereocenters. The lowest BCUT2D eigenvalue weighted by Crippen LogP contribution is -2.50. The third-order valence-corrected chi connectivity index (χ3v) is 5.41. The van der Waals surface area contributed by atoms with Crippen molar-refractivity contribution in [3.8, 4) is 0 Å². The maximum atomic E-state index is 11.9. The fraction of sp³-hybridized carbons (Fsp3) is 0.917. The van der Waals surface area contributed by atoms with Crippen molar-refractivity contribution in [3.63, 3.8) is 0 Å². The molecule has 2 saturated heterocycles. The van der Waals surface area contributed by atoms with Crippen LogP contribution in [0.1, 0.15) is 26.7 Å². The van der Waals surface area contributed by atoms with Gasteiger partial charge in [-0.15, -0.1) is 0 Å². The first-order chi connectivity index (χ1) is 7.61. The number of thioether (sulfide) groups is 1. The minimum absolute atomic E-state index is 0.163. The Kier molecular flexibility index (Phi) is 3.80. The van der Waals surface area contributed by atoms with Crippen molar-refractivity contribution in [2.75, 3.05) is 25.4 Å². The Morgan fingerprint density at radius 1 is 1.62 bits per heavy atom. The van der Waals surface area contributed by atoms with E-state index in [2.05, 4.69) is 17.6 Å². The van der Waals surface area contributed by atoms with Gasteiger partial charge in [0, 0.05) is 17.2 Å². The van der Waals surface area contributed by atoms with Gasteiger partial charge in [0.1, 0.15) is 0 Å². The molecule has 0 bridgehead atoms. The van der Waals surface area contributed by atoms with Gasteiger partial charge >= 0.3 is 0 Å². The van der Waals surface area contributed by atoms with Crippen LogP contribution in [0, 0.1) is 11.8 Å². The molecule has 0 aromatic carbocycles. The predicted octanol–water partition coefficient (Wildman–Crippen LogP) is 1.24. The molecule has 92 valence electrons. The minimum atomic E-state index is 0.163. The summed E-state index contributed by atoms with van der Waals surface area (Å²) in [6, 6.07) is 0. The van der Waals surface area contributed by atoms with Crippen LogP contribution >= 0.6 is 11.8 Å². The summed E-state index contributed by atoms with van der Waals surface area (Å²) in [6.45, 7) is 7.15. The van der Waals surface area contributed by atoms with Gasteiger partial charge in [-0.25, -0.2) is 0 Å². The Morgan fingerprint density at radius 3 is 2.88 bits per heavy atom. The van der Waals surface area contributed by atoms with Crippen LogP contribution in [-0.4, -0.2) is 36.0 Å². The van der Waals surface area contributed by atoms with Crippen LogP contribution in [0.3, 0.4) is 0 Å². The summed E-state index contributed by atoms with van der Waals surface area (Å²) >= 11 is 2.00. The highest BCUT2D eigenvalue weighted by Crippen LogP contribution is 2.37. The summed E-state index contributed by atoms with van der Waals surface area (Å²) in [6.07, 6.45) is 2.52. The molecule has 0 aromatic heterocycles. The predicted molar refractivity (Wildman–Crippen MR) is 68.6 cm³/mol. The van der Waals surface area contributed by atoms with Gasteiger partial charge < -0.3 is 10.6 Å². The third kappa shape index (κ3) is 2.72. The molecule has 2 heterocycles. The number of nitrogens with one attached hydrogen (secondary N) is 2. The topological polar surface area (TPSA) is 41.1 Å². The summed E-state index contributed by atoms with van der Waals surface area (Å²) < 4.78 is 0.285. The standard InChI is InChI=1S/C12H22N2OS/c1-9(10-6-13-7-10)11(15)14-8-12(2)4-3-5-16-12/h9-10,13H,3-8H2,1-2H3,(H,14,15). The van der Waals surface area contributed by atoms with E-state index in [0.29, 0.717) is 5.92 Å². The van der Waals surface area contributed by atoms with E-state index in [1.54, 1.807) is 0 Å². The van der Waals surface area contributed by atoms with Gasteiger partial charge in [0.15, 0.2) is 0 Å². The number of hydrogen-bond acceptors (Lipinski definition) is 3. The van der Waals surface area contributed by atoms with Crippen molar-refractivity contribution in [2.24, 2.45) is 11.8 Å². The Hall–Kier alpha value is -0.220. The highest BCUT2D eigenvalue weighted by molar-refractivity contribution is 8.00. The van der Waals surface area contributed by atoms with Gasteiger partial charge in [0.2, 0.25) is 5.91 Å². The smallest absolute Gasteiger partial charge is 0.223 e. The molecule has 16 heavy (non-hydrogen) atoms. The van der Waals surface area contributed by atoms with Gasteiger partial charge in [-0.05, 0) is 44.5 Å². The molecule has 0 saturated carbocycles. The molecule has 2 aliphatic rings. The lowest BCUT2D eigenvalue weighted by atomic mass is 9.88. The summed E-state index contributed by atoms with van der Waals surface area (Å²) in [5.74, 6) is 2.19. The Morgan fingerprint density at radius 2 is 2.38 bits per heavy atom. The molecular weight excluding hydrogens is 220 g/mol. The number of rotatable bonds is 4. The summed E-state index contributed by atoms with van der Waals surface area (Å²) in [5, 5.41) is 6.34. The van der Waals surface area contributed by atoms with E-state index >= 15 is 0 Å². The minimum Gasteiger partial charge on any atom is -0.354 e. The molecule has 0 spiro atoms. The van der Waals surface area contributed by atoms with Crippen molar-refractivity contribution in [2.45, 2.75) is 31.4 Å². The first-order valence-corrected chi connectivity index (χ1v) is 7.22. The Bertz CT molecular complexity index is 260. The normalized spacial score (nSPS) is 32.1. The van der Waals surface area contributed by atoms with E-state index < -0.39 is 0 Å². The summed E-state index contributed by atoms with van der Waals surface area (Å²) in [5.41, 5.74) is 0. The molecule has 2 atom stereocenters. The maximum absolute atomic E-state index is 11.9. The third-order valence-electron chi connectivity index (χ3n) is 3.87. The van der Waals surface area contributed by atoms with Crippen molar-refractivity contribution < 1.29 is 4.79 Å². The van der Waals surface area contributed by atoms with E-state index in [0.717, 1.165) is 19.6 Å². The quantitative estimate of drug-likeness (QED) is 0.779. The maximum Gasteiger partial charge on any atom is 0.223 e. The van der Waals surface area contributed by atoms with Gasteiger partial charge in [-0.2, -0.15) is 11.8 Å². The lowest BCUT2D eigenvalue weighted by Gasteiger charge is -2.32. The molecule has 1 amide bonds. The average molecular weight is 242 g/mol. The number of hydrogen-bond donors (Lipinski definition) is 2. The molecule has 0 aromatic rings. The number of carbonyl (C=O) groups excluding carboxylic acids is 1. The average Bonchev–Trinajstić information content (AvgIpc) is 2.59. The molecule has 2 N–H and O–H groups in total. The van der Waals surface area contributed by atoms with E-state index in [9.17, 15) is 4.79 Å². The van der Waals surface area contributed by atoms with Crippen LogP contribution in [0.5, 0.6) is 0 Å². The highest BCUT2D eigenvalue weighted by atomic mass is 32.2. The molecule has 2 aliphatic heterocycles. The second-order valence-corrected chi connectivity index (χ2v) is 7.01. The first-order valence-electron chi connectivity index (χ1n) is 6.23. The van der Waals surface area contributed by atoms with Gasteiger partial charge in [-0.3, -0.25) is 4.79 Å². The van der Waals surface area contributed by atoms with Crippen molar-refractivity contribution in [1.82, 2.24) is 10.6 Å². The van der Waals surface area contributed by atoms with Crippen LogP contribution in [-0.2, 0) is 4.79 Å². The Balaban J connectivity index is 1.74. The SMILES string of the molecule is CC(C(=O)NCC1(C)CCCS1)C1CNC1. The van der Waals surface area contributed by atoms with E-state index in [-0.39, 0.29) is 16.6 Å². The molecule has 4 heteroatoms. The lowest BCUT2D eigenvalue weighted by molar-refractivity contribution is -0.126. The second kappa shape index (κ2) is 4.96. The van der Waals surface area contributed by atoms with E-state index in [4.69, 9.17) is 0 Å². The molecule has 2 fully saturated rings. The fourth-order valence-corrected chi connectivity index (χ4v) is 3.53. The van der Waals surface area contributed by atoms with Gasteiger partial charge in [0.25, 0.3) is 0 Å².